The zero-order valence-corrected chi connectivity index (χ0v) is 22.0. The number of nitrogens with two attached hydrogens (primary N) is 1. The standard InChI is InChI=1S/C22H41NO3.C7H4N2O/c1-2-3-4-5-6-7-8-9-10-11-12-13-14-15-16-17-18-20(22(25)26)19-21(23)24;10-7-5-3-1-2-4-6(5)8-9-7/h13-14,20H,2-12,15-19H2,1H3,(H2,23,24)(H,25,26);1-4H. The van der Waals surface area contributed by atoms with Gasteiger partial charge in [0.25, 0.3) is 5.91 Å². The molecule has 0 fully saturated rings. The maximum absolute atomic E-state index is 11.0. The van der Waals surface area contributed by atoms with Gasteiger partial charge in [0.2, 0.25) is 5.91 Å². The van der Waals surface area contributed by atoms with Crippen molar-refractivity contribution in [2.45, 2.75) is 110 Å². The number of carboxylic acids is 1. The largest absolute Gasteiger partial charge is 0.481 e. The van der Waals surface area contributed by atoms with Gasteiger partial charge in [-0.3, -0.25) is 14.4 Å². The van der Waals surface area contributed by atoms with Gasteiger partial charge in [0.15, 0.2) is 0 Å². The van der Waals surface area contributed by atoms with E-state index >= 15 is 0 Å². The van der Waals surface area contributed by atoms with Crippen LogP contribution in [-0.4, -0.2) is 22.9 Å². The average Bonchev–Trinajstić information content (AvgIpc) is 3.24. The lowest BCUT2D eigenvalue weighted by atomic mass is 9.97. The Balaban J connectivity index is 0.000000526. The number of fused-ring (bicyclic) bond motifs is 1. The van der Waals surface area contributed by atoms with Crippen molar-refractivity contribution >= 4 is 23.5 Å². The Morgan fingerprint density at radius 1 is 0.861 bits per heavy atom. The molecule has 0 radical (unpaired) electrons. The molecule has 3 N–H and O–H groups in total. The molecule has 0 bridgehead atoms. The summed E-state index contributed by atoms with van der Waals surface area (Å²) >= 11 is 0. The Labute approximate surface area is 216 Å². The zero-order chi connectivity index (χ0) is 26.4. The molecule has 1 unspecified atom stereocenters. The lowest BCUT2D eigenvalue weighted by Crippen LogP contribution is -2.22. The highest BCUT2D eigenvalue weighted by Crippen LogP contribution is 2.25. The van der Waals surface area contributed by atoms with Crippen LogP contribution in [0.1, 0.15) is 120 Å². The van der Waals surface area contributed by atoms with Gasteiger partial charge in [0.1, 0.15) is 0 Å². The summed E-state index contributed by atoms with van der Waals surface area (Å²) in [7, 11) is 0. The number of aliphatic carboxylic acids is 1. The molecule has 0 aromatic heterocycles. The topological polar surface area (TPSA) is 122 Å². The first-order valence-corrected chi connectivity index (χ1v) is 13.7. The number of unbranched alkanes of at least 4 members (excludes halogenated alkanes) is 12. The number of carboxylic acid groups (broad SMARTS) is 1. The molecule has 1 heterocycles. The number of hydrogen-bond donors (Lipinski definition) is 2. The molecule has 1 aliphatic heterocycles. The second-order valence-electron chi connectivity index (χ2n) is 9.45. The first kappa shape index (κ1) is 31.2. The second-order valence-corrected chi connectivity index (χ2v) is 9.45. The van der Waals surface area contributed by atoms with Gasteiger partial charge in [-0.25, -0.2) is 0 Å². The predicted octanol–water partition coefficient (Wildman–Crippen LogP) is 7.91. The van der Waals surface area contributed by atoms with Crippen molar-refractivity contribution in [2.24, 2.45) is 21.9 Å². The van der Waals surface area contributed by atoms with Crippen LogP contribution in [0.3, 0.4) is 0 Å². The molecule has 1 aliphatic rings. The number of carbonyl (C=O) groups is 3. The van der Waals surface area contributed by atoms with Gasteiger partial charge in [-0.05, 0) is 44.2 Å². The minimum absolute atomic E-state index is 0.0517. The Hall–Kier alpha value is -2.83. The van der Waals surface area contributed by atoms with Gasteiger partial charge in [0, 0.05) is 6.42 Å². The minimum Gasteiger partial charge on any atom is -0.481 e. The summed E-state index contributed by atoms with van der Waals surface area (Å²) < 4.78 is 0. The Bertz CT molecular complexity index is 836. The fraction of sp³-hybridized carbons (Fsp3) is 0.621. The van der Waals surface area contributed by atoms with Gasteiger partial charge < -0.3 is 10.8 Å². The van der Waals surface area contributed by atoms with Crippen LogP contribution < -0.4 is 5.73 Å². The molecule has 0 aliphatic carbocycles. The van der Waals surface area contributed by atoms with Gasteiger partial charge >= 0.3 is 5.97 Å². The fourth-order valence-corrected chi connectivity index (χ4v) is 4.09. The molecule has 36 heavy (non-hydrogen) atoms. The van der Waals surface area contributed by atoms with Gasteiger partial charge in [-0.2, -0.15) is 0 Å². The van der Waals surface area contributed by atoms with Crippen LogP contribution >= 0.6 is 0 Å². The van der Waals surface area contributed by atoms with E-state index < -0.39 is 17.8 Å². The number of carbonyl (C=O) groups excluding carboxylic acids is 2. The number of azo groups is 1. The molecular weight excluding hydrogens is 454 g/mol. The molecule has 1 aromatic carbocycles. The van der Waals surface area contributed by atoms with Crippen molar-refractivity contribution in [3.05, 3.63) is 42.0 Å². The molecule has 2 rings (SSSR count). The number of benzene rings is 1. The van der Waals surface area contributed by atoms with Crippen molar-refractivity contribution < 1.29 is 19.5 Å². The highest BCUT2D eigenvalue weighted by molar-refractivity contribution is 6.01. The van der Waals surface area contributed by atoms with Crippen molar-refractivity contribution in [1.82, 2.24) is 0 Å². The molecule has 1 aromatic rings. The summed E-state index contributed by atoms with van der Waals surface area (Å²) in [6, 6.07) is 7.12. The number of nitrogens with zero attached hydrogens (tertiary/aromatic N) is 2. The van der Waals surface area contributed by atoms with E-state index in [4.69, 9.17) is 10.8 Å². The zero-order valence-electron chi connectivity index (χ0n) is 22.0. The summed E-state index contributed by atoms with van der Waals surface area (Å²) in [4.78, 5) is 32.6. The van der Waals surface area contributed by atoms with Crippen LogP contribution in [0.25, 0.3) is 0 Å². The normalized spacial score (nSPS) is 12.9. The van der Waals surface area contributed by atoms with Crippen molar-refractivity contribution in [3.8, 4) is 0 Å². The number of amides is 2. The van der Waals surface area contributed by atoms with Gasteiger partial charge in [-0.15, -0.1) is 10.2 Å². The molecule has 7 nitrogen and oxygen atoms in total. The van der Waals surface area contributed by atoms with E-state index in [1.807, 2.05) is 6.07 Å². The third-order valence-electron chi connectivity index (χ3n) is 6.24. The number of primary amides is 1. The molecular formula is C29H45N3O4. The van der Waals surface area contributed by atoms with E-state index in [1.165, 1.54) is 64.2 Å². The first-order chi connectivity index (χ1) is 17.5. The van der Waals surface area contributed by atoms with Gasteiger partial charge in [0.05, 0.1) is 17.2 Å². The van der Waals surface area contributed by atoms with Crippen molar-refractivity contribution in [1.29, 1.82) is 0 Å². The van der Waals surface area contributed by atoms with E-state index in [-0.39, 0.29) is 12.3 Å². The van der Waals surface area contributed by atoms with E-state index in [0.717, 1.165) is 25.7 Å². The molecule has 0 saturated carbocycles. The number of hydrogen-bond acceptors (Lipinski definition) is 4. The first-order valence-electron chi connectivity index (χ1n) is 13.7. The third-order valence-corrected chi connectivity index (χ3v) is 6.24. The highest BCUT2D eigenvalue weighted by atomic mass is 16.4. The van der Waals surface area contributed by atoms with E-state index in [9.17, 15) is 14.4 Å². The average molecular weight is 500 g/mol. The lowest BCUT2D eigenvalue weighted by molar-refractivity contribution is -0.144. The summed E-state index contributed by atoms with van der Waals surface area (Å²) in [6.45, 7) is 2.26. The van der Waals surface area contributed by atoms with Crippen molar-refractivity contribution in [3.63, 3.8) is 0 Å². The van der Waals surface area contributed by atoms with E-state index in [2.05, 4.69) is 29.3 Å². The fourth-order valence-electron chi connectivity index (χ4n) is 4.09. The quantitative estimate of drug-likeness (QED) is 0.148. The lowest BCUT2D eigenvalue weighted by Gasteiger charge is -2.09. The van der Waals surface area contributed by atoms with Crippen LogP contribution in [0.2, 0.25) is 0 Å². The van der Waals surface area contributed by atoms with Crippen LogP contribution in [-0.2, 0) is 9.59 Å². The molecule has 7 heteroatoms. The maximum atomic E-state index is 11.0. The second kappa shape index (κ2) is 20.4. The smallest absolute Gasteiger partial charge is 0.307 e. The Kier molecular flexibility index (Phi) is 17.7. The number of rotatable bonds is 19. The molecule has 0 saturated heterocycles. The van der Waals surface area contributed by atoms with Crippen LogP contribution in [0.5, 0.6) is 0 Å². The molecule has 200 valence electrons. The summed E-state index contributed by atoms with van der Waals surface area (Å²) in [5, 5.41) is 16.1. The minimum atomic E-state index is -0.916. The molecule has 2 amide bonds. The summed E-state index contributed by atoms with van der Waals surface area (Å²) in [6.07, 6.45) is 22.5. The maximum Gasteiger partial charge on any atom is 0.307 e. The highest BCUT2D eigenvalue weighted by Gasteiger charge is 2.19. The summed E-state index contributed by atoms with van der Waals surface area (Å²) in [5.41, 5.74) is 6.35. The van der Waals surface area contributed by atoms with Crippen LogP contribution in [0.15, 0.2) is 46.6 Å². The predicted molar refractivity (Wildman–Crippen MR) is 144 cm³/mol. The number of allylic oxidation sites excluding steroid dienone is 2. The van der Waals surface area contributed by atoms with E-state index in [1.54, 1.807) is 18.2 Å². The van der Waals surface area contributed by atoms with E-state index in [0.29, 0.717) is 17.7 Å². The van der Waals surface area contributed by atoms with Gasteiger partial charge in [-0.1, -0.05) is 95.4 Å². The monoisotopic (exact) mass is 499 g/mol. The van der Waals surface area contributed by atoms with Crippen molar-refractivity contribution in [2.75, 3.05) is 0 Å². The summed E-state index contributed by atoms with van der Waals surface area (Å²) in [5.74, 6) is -2.31. The molecule has 0 spiro atoms. The SMILES string of the molecule is CCCCCCCCCCCCC=CCCCCC(CC(N)=O)C(=O)O.O=C1N=Nc2ccccc21. The van der Waals surface area contributed by atoms with Crippen LogP contribution in [0, 0.1) is 5.92 Å². The molecule has 1 atom stereocenters. The Morgan fingerprint density at radius 3 is 1.97 bits per heavy atom. The van der Waals surface area contributed by atoms with Crippen LogP contribution in [0.4, 0.5) is 5.69 Å². The Morgan fingerprint density at radius 2 is 1.42 bits per heavy atom. The third kappa shape index (κ3) is 15.2.